The largest absolute Gasteiger partial charge is 0.445 e. The number of carbonyl (C=O) groups is 1. The SMILES string of the molecule is Cc1nc2ccc(S(=O)(=O)N(CC(C)C)C[C@@H](O)[C@H](Cc3ccccc3)NC(=O)OCc3cnco3)cc2o1. The Morgan fingerprint density at radius 3 is 2.62 bits per heavy atom. The Kier molecular flexibility index (Phi) is 9.00. The number of aliphatic hydroxyl groups is 1. The third kappa shape index (κ3) is 7.43. The van der Waals surface area contributed by atoms with Crippen LogP contribution in [0.15, 0.2) is 74.9 Å². The summed E-state index contributed by atoms with van der Waals surface area (Å²) in [4.78, 5) is 20.6. The van der Waals surface area contributed by atoms with E-state index in [1.807, 2.05) is 44.2 Å². The summed E-state index contributed by atoms with van der Waals surface area (Å²) in [5, 5.41) is 14.0. The zero-order valence-corrected chi connectivity index (χ0v) is 22.8. The molecule has 0 bridgehead atoms. The van der Waals surface area contributed by atoms with Crippen molar-refractivity contribution < 1.29 is 31.9 Å². The molecule has 2 N–H and O–H groups in total. The number of amides is 1. The molecule has 11 nitrogen and oxygen atoms in total. The van der Waals surface area contributed by atoms with Crippen molar-refractivity contribution in [2.45, 2.75) is 50.8 Å². The maximum atomic E-state index is 13.7. The second kappa shape index (κ2) is 12.4. The molecule has 2 aromatic heterocycles. The van der Waals surface area contributed by atoms with Crippen LogP contribution in [0.25, 0.3) is 11.1 Å². The van der Waals surface area contributed by atoms with Gasteiger partial charge in [0.15, 0.2) is 30.2 Å². The number of hydrogen-bond donors (Lipinski definition) is 2. The lowest BCUT2D eigenvalue weighted by Gasteiger charge is -2.30. The number of aliphatic hydroxyl groups excluding tert-OH is 1. The highest BCUT2D eigenvalue weighted by atomic mass is 32.2. The van der Waals surface area contributed by atoms with Crippen LogP contribution in [0, 0.1) is 12.8 Å². The number of fused-ring (bicyclic) bond motifs is 1. The van der Waals surface area contributed by atoms with Gasteiger partial charge in [0, 0.05) is 26.1 Å². The van der Waals surface area contributed by atoms with E-state index in [-0.39, 0.29) is 36.9 Å². The molecule has 2 aromatic carbocycles. The van der Waals surface area contributed by atoms with Gasteiger partial charge in [-0.2, -0.15) is 4.31 Å². The molecule has 4 aromatic rings. The van der Waals surface area contributed by atoms with Crippen LogP contribution >= 0.6 is 0 Å². The fourth-order valence-electron chi connectivity index (χ4n) is 4.14. The number of nitrogens with one attached hydrogen (secondary N) is 1. The number of hydrogen-bond acceptors (Lipinski definition) is 9. The van der Waals surface area contributed by atoms with Crippen LogP contribution in [0.2, 0.25) is 0 Å². The van der Waals surface area contributed by atoms with Gasteiger partial charge in [-0.3, -0.25) is 0 Å². The minimum Gasteiger partial charge on any atom is -0.445 e. The van der Waals surface area contributed by atoms with Crippen LogP contribution in [0.5, 0.6) is 0 Å². The summed E-state index contributed by atoms with van der Waals surface area (Å²) in [7, 11) is -4.03. The normalized spacial score (nSPS) is 13.6. The molecule has 2 atom stereocenters. The van der Waals surface area contributed by atoms with E-state index in [4.69, 9.17) is 13.6 Å². The number of aryl methyl sites for hydroxylation is 1. The summed E-state index contributed by atoms with van der Waals surface area (Å²) >= 11 is 0. The van der Waals surface area contributed by atoms with Crippen molar-refractivity contribution >= 4 is 27.2 Å². The van der Waals surface area contributed by atoms with Crippen molar-refractivity contribution in [3.05, 3.63) is 78.3 Å². The maximum Gasteiger partial charge on any atom is 0.407 e. The van der Waals surface area contributed by atoms with Crippen LogP contribution in [0.1, 0.15) is 31.1 Å². The number of rotatable bonds is 12. The molecular formula is C27H32N4O7S. The lowest BCUT2D eigenvalue weighted by Crippen LogP contribution is -2.51. The van der Waals surface area contributed by atoms with Gasteiger partial charge in [-0.1, -0.05) is 44.2 Å². The van der Waals surface area contributed by atoms with E-state index < -0.39 is 28.3 Å². The molecule has 2 heterocycles. The lowest BCUT2D eigenvalue weighted by atomic mass is 10.0. The first-order chi connectivity index (χ1) is 18.6. The van der Waals surface area contributed by atoms with Gasteiger partial charge >= 0.3 is 6.09 Å². The number of oxazole rings is 2. The van der Waals surface area contributed by atoms with Crippen LogP contribution in [0.3, 0.4) is 0 Å². The zero-order chi connectivity index (χ0) is 28.0. The standard InChI is InChI=1S/C27H32N4O7S/c1-18(2)14-31(39(34,35)22-9-10-23-26(12-22)38-19(3)29-23)15-25(32)24(11-20-7-5-4-6-8-20)30-27(33)36-16-21-13-28-17-37-21/h4-10,12-13,17-18,24-25,32H,11,14-16H2,1-3H3,(H,30,33)/t24-,25+/m0/s1. The van der Waals surface area contributed by atoms with Gasteiger partial charge in [0.25, 0.3) is 0 Å². The molecule has 1 amide bonds. The third-order valence-electron chi connectivity index (χ3n) is 5.96. The topological polar surface area (TPSA) is 148 Å². The zero-order valence-electron chi connectivity index (χ0n) is 22.0. The number of nitrogens with zero attached hydrogens (tertiary/aromatic N) is 3. The average Bonchev–Trinajstić information content (AvgIpc) is 3.55. The Morgan fingerprint density at radius 2 is 1.92 bits per heavy atom. The van der Waals surface area contributed by atoms with Crippen molar-refractivity contribution in [3.8, 4) is 0 Å². The van der Waals surface area contributed by atoms with Gasteiger partial charge in [0.2, 0.25) is 10.0 Å². The molecule has 0 fully saturated rings. The minimum absolute atomic E-state index is 0.0260. The van der Waals surface area contributed by atoms with Gasteiger partial charge in [-0.15, -0.1) is 0 Å². The summed E-state index contributed by atoms with van der Waals surface area (Å²) < 4.78 is 44.5. The molecule has 0 unspecified atom stereocenters. The van der Waals surface area contributed by atoms with Crippen molar-refractivity contribution in [3.63, 3.8) is 0 Å². The summed E-state index contributed by atoms with van der Waals surface area (Å²) in [5.74, 6) is 0.757. The van der Waals surface area contributed by atoms with E-state index in [9.17, 15) is 18.3 Å². The Balaban J connectivity index is 1.55. The van der Waals surface area contributed by atoms with Crippen molar-refractivity contribution in [2.24, 2.45) is 5.92 Å². The molecular weight excluding hydrogens is 524 g/mol. The Morgan fingerprint density at radius 1 is 1.15 bits per heavy atom. The van der Waals surface area contributed by atoms with E-state index in [2.05, 4.69) is 15.3 Å². The smallest absolute Gasteiger partial charge is 0.407 e. The summed E-state index contributed by atoms with van der Waals surface area (Å²) in [6.07, 6.45) is 0.862. The predicted molar refractivity (Wildman–Crippen MR) is 142 cm³/mol. The maximum absolute atomic E-state index is 13.7. The van der Waals surface area contributed by atoms with Crippen molar-refractivity contribution in [1.82, 2.24) is 19.6 Å². The van der Waals surface area contributed by atoms with Crippen molar-refractivity contribution in [2.75, 3.05) is 13.1 Å². The summed E-state index contributed by atoms with van der Waals surface area (Å²) in [6.45, 7) is 5.22. The molecule has 12 heteroatoms. The molecule has 0 aliphatic heterocycles. The van der Waals surface area contributed by atoms with Gasteiger partial charge in [0.1, 0.15) is 5.52 Å². The minimum atomic E-state index is -4.03. The summed E-state index contributed by atoms with van der Waals surface area (Å²) in [5.41, 5.74) is 1.76. The highest BCUT2D eigenvalue weighted by molar-refractivity contribution is 7.89. The van der Waals surface area contributed by atoms with E-state index >= 15 is 0 Å². The van der Waals surface area contributed by atoms with Crippen LogP contribution in [0.4, 0.5) is 4.79 Å². The highest BCUT2D eigenvalue weighted by Crippen LogP contribution is 2.24. The van der Waals surface area contributed by atoms with E-state index in [1.165, 1.54) is 29.0 Å². The van der Waals surface area contributed by atoms with Gasteiger partial charge in [-0.05, 0) is 30.0 Å². The van der Waals surface area contributed by atoms with Gasteiger partial charge < -0.3 is 24.0 Å². The lowest BCUT2D eigenvalue weighted by molar-refractivity contribution is 0.0851. The van der Waals surface area contributed by atoms with E-state index in [1.54, 1.807) is 13.0 Å². The molecule has 0 aliphatic rings. The molecule has 0 saturated heterocycles. The molecule has 4 rings (SSSR count). The number of aromatic nitrogens is 2. The number of ether oxygens (including phenoxy) is 1. The Bertz CT molecular complexity index is 1470. The Labute approximate surface area is 226 Å². The van der Waals surface area contributed by atoms with Crippen LogP contribution in [-0.4, -0.2) is 59.1 Å². The van der Waals surface area contributed by atoms with Crippen LogP contribution < -0.4 is 5.32 Å². The molecule has 0 aliphatic carbocycles. The van der Waals surface area contributed by atoms with E-state index in [0.29, 0.717) is 22.8 Å². The monoisotopic (exact) mass is 556 g/mol. The van der Waals surface area contributed by atoms with E-state index in [0.717, 1.165) is 5.56 Å². The van der Waals surface area contributed by atoms with Crippen LogP contribution in [-0.2, 0) is 27.8 Å². The second-order valence-electron chi connectivity index (χ2n) is 9.63. The Hall–Kier alpha value is -3.74. The number of benzene rings is 2. The quantitative estimate of drug-likeness (QED) is 0.267. The molecule has 0 radical (unpaired) electrons. The number of alkyl carbamates (subject to hydrolysis) is 1. The van der Waals surface area contributed by atoms with Crippen molar-refractivity contribution in [1.29, 1.82) is 0 Å². The number of sulfonamides is 1. The van der Waals surface area contributed by atoms with Gasteiger partial charge in [0.05, 0.1) is 23.2 Å². The third-order valence-corrected chi connectivity index (χ3v) is 7.79. The first kappa shape index (κ1) is 28.3. The fraction of sp³-hybridized carbons (Fsp3) is 0.370. The number of carbonyl (C=O) groups excluding carboxylic acids is 1. The predicted octanol–water partition coefficient (Wildman–Crippen LogP) is 3.67. The molecule has 208 valence electrons. The van der Waals surface area contributed by atoms with Gasteiger partial charge in [-0.25, -0.2) is 23.2 Å². The molecule has 0 saturated carbocycles. The second-order valence-corrected chi connectivity index (χ2v) is 11.6. The first-order valence-corrected chi connectivity index (χ1v) is 14.0. The molecule has 0 spiro atoms. The average molecular weight is 557 g/mol. The first-order valence-electron chi connectivity index (χ1n) is 12.5. The molecule has 39 heavy (non-hydrogen) atoms. The fourth-order valence-corrected chi connectivity index (χ4v) is 5.78. The summed E-state index contributed by atoms with van der Waals surface area (Å²) in [6, 6.07) is 12.9. The highest BCUT2D eigenvalue weighted by Gasteiger charge is 2.32.